The lowest BCUT2D eigenvalue weighted by Crippen LogP contribution is -2.27. The molecule has 1 atom stereocenters. The van der Waals surface area contributed by atoms with E-state index in [0.717, 1.165) is 23.1 Å². The van der Waals surface area contributed by atoms with Gasteiger partial charge in [0.1, 0.15) is 10.9 Å². The van der Waals surface area contributed by atoms with Crippen molar-refractivity contribution >= 4 is 40.3 Å². The molecule has 1 aromatic rings. The summed E-state index contributed by atoms with van der Waals surface area (Å²) in [4.78, 5) is 22.2. The van der Waals surface area contributed by atoms with E-state index in [1.807, 2.05) is 0 Å². The van der Waals surface area contributed by atoms with Gasteiger partial charge in [0.15, 0.2) is 4.34 Å². The molecule has 1 unspecified atom stereocenters. The molecule has 7 nitrogen and oxygen atoms in total. The van der Waals surface area contributed by atoms with Crippen LogP contribution in [-0.4, -0.2) is 38.2 Å². The van der Waals surface area contributed by atoms with Crippen LogP contribution in [-0.2, 0) is 9.53 Å². The van der Waals surface area contributed by atoms with Gasteiger partial charge >= 0.3 is 12.1 Å². The standard InChI is InChI=1S/C10H15N3O4S2/c1-5(6(14)15)18-9-13-12-7(19-9)11-8(16)17-10(2,3)4/h5H,1-4H3,(H,14,15)(H,11,12,16). The summed E-state index contributed by atoms with van der Waals surface area (Å²) < 4.78 is 5.53. The average Bonchev–Trinajstić information content (AvgIpc) is 2.61. The summed E-state index contributed by atoms with van der Waals surface area (Å²) in [7, 11) is 0. The summed E-state index contributed by atoms with van der Waals surface area (Å²) in [5.41, 5.74) is -0.593. The molecule has 2 N–H and O–H groups in total. The molecule has 1 heterocycles. The van der Waals surface area contributed by atoms with Crippen molar-refractivity contribution in [3.8, 4) is 0 Å². The molecule has 0 aromatic carbocycles. The zero-order valence-electron chi connectivity index (χ0n) is 11.0. The second-order valence-corrected chi connectivity index (χ2v) is 7.16. The first-order chi connectivity index (χ1) is 8.67. The minimum absolute atomic E-state index is 0.273. The van der Waals surface area contributed by atoms with Crippen molar-refractivity contribution in [1.82, 2.24) is 10.2 Å². The Morgan fingerprint density at radius 2 is 2.05 bits per heavy atom. The van der Waals surface area contributed by atoms with Crippen molar-refractivity contribution in [2.45, 2.75) is 42.9 Å². The van der Waals surface area contributed by atoms with Crippen LogP contribution in [0.4, 0.5) is 9.93 Å². The van der Waals surface area contributed by atoms with Gasteiger partial charge in [-0.3, -0.25) is 10.1 Å². The predicted molar refractivity (Wildman–Crippen MR) is 72.7 cm³/mol. The minimum Gasteiger partial charge on any atom is -0.480 e. The van der Waals surface area contributed by atoms with Crippen molar-refractivity contribution in [2.75, 3.05) is 5.32 Å². The summed E-state index contributed by atoms with van der Waals surface area (Å²) in [5, 5.41) is 18.4. The van der Waals surface area contributed by atoms with Crippen LogP contribution in [0.15, 0.2) is 4.34 Å². The average molecular weight is 305 g/mol. The fraction of sp³-hybridized carbons (Fsp3) is 0.600. The Labute approximate surface area is 118 Å². The largest absolute Gasteiger partial charge is 0.480 e. The van der Waals surface area contributed by atoms with Gasteiger partial charge in [0.25, 0.3) is 0 Å². The van der Waals surface area contributed by atoms with E-state index in [1.165, 1.54) is 0 Å². The van der Waals surface area contributed by atoms with Crippen molar-refractivity contribution in [3.05, 3.63) is 0 Å². The lowest BCUT2D eigenvalue weighted by molar-refractivity contribution is -0.136. The number of nitrogens with one attached hydrogen (secondary N) is 1. The van der Waals surface area contributed by atoms with Crippen LogP contribution in [0.3, 0.4) is 0 Å². The Kier molecular flexibility index (Phi) is 5.12. The number of rotatable bonds is 4. The fourth-order valence-corrected chi connectivity index (χ4v) is 2.72. The normalized spacial score (nSPS) is 12.8. The second kappa shape index (κ2) is 6.20. The van der Waals surface area contributed by atoms with E-state index < -0.39 is 22.9 Å². The van der Waals surface area contributed by atoms with Gasteiger partial charge in [0.05, 0.1) is 0 Å². The van der Waals surface area contributed by atoms with Crippen LogP contribution in [0.2, 0.25) is 0 Å². The number of carbonyl (C=O) groups excluding carboxylic acids is 1. The van der Waals surface area contributed by atoms with Crippen LogP contribution < -0.4 is 5.32 Å². The van der Waals surface area contributed by atoms with Gasteiger partial charge in [0.2, 0.25) is 5.13 Å². The summed E-state index contributed by atoms with van der Waals surface area (Å²) in [5.74, 6) is -0.929. The molecular formula is C10H15N3O4S2. The number of carbonyl (C=O) groups is 2. The number of carboxylic acids is 1. The highest BCUT2D eigenvalue weighted by atomic mass is 32.2. The number of carboxylic acid groups (broad SMARTS) is 1. The van der Waals surface area contributed by atoms with Gasteiger partial charge in [-0.05, 0) is 27.7 Å². The Balaban J connectivity index is 2.56. The first kappa shape index (κ1) is 15.7. The third-order valence-electron chi connectivity index (χ3n) is 1.64. The van der Waals surface area contributed by atoms with Crippen LogP contribution >= 0.6 is 23.1 Å². The lowest BCUT2D eigenvalue weighted by atomic mass is 10.2. The third kappa shape index (κ3) is 5.88. The molecule has 9 heteroatoms. The molecule has 0 radical (unpaired) electrons. The molecule has 0 spiro atoms. The molecule has 1 amide bonds. The molecule has 1 aromatic heterocycles. The molecule has 0 bridgehead atoms. The maximum absolute atomic E-state index is 11.5. The van der Waals surface area contributed by atoms with Crippen molar-refractivity contribution in [3.63, 3.8) is 0 Å². The van der Waals surface area contributed by atoms with Gasteiger partial charge in [0, 0.05) is 0 Å². The lowest BCUT2D eigenvalue weighted by Gasteiger charge is -2.18. The van der Waals surface area contributed by atoms with Gasteiger partial charge in [-0.15, -0.1) is 10.2 Å². The van der Waals surface area contributed by atoms with Crippen molar-refractivity contribution < 1.29 is 19.4 Å². The van der Waals surface area contributed by atoms with Gasteiger partial charge < -0.3 is 9.84 Å². The Morgan fingerprint density at radius 3 is 2.58 bits per heavy atom. The topological polar surface area (TPSA) is 101 Å². The summed E-state index contributed by atoms with van der Waals surface area (Å²) >= 11 is 2.16. The van der Waals surface area contributed by atoms with Crippen LogP contribution in [0.1, 0.15) is 27.7 Å². The van der Waals surface area contributed by atoms with E-state index in [0.29, 0.717) is 4.34 Å². The predicted octanol–water partition coefficient (Wildman–Crippen LogP) is 2.45. The number of ether oxygens (including phenoxy) is 1. The Bertz CT molecular complexity index is 470. The number of amides is 1. The first-order valence-electron chi connectivity index (χ1n) is 5.40. The van der Waals surface area contributed by atoms with Crippen molar-refractivity contribution in [2.24, 2.45) is 0 Å². The number of anilines is 1. The number of nitrogens with zero attached hydrogens (tertiary/aromatic N) is 2. The fourth-order valence-electron chi connectivity index (χ4n) is 0.900. The summed E-state index contributed by atoms with van der Waals surface area (Å²) in [6.07, 6.45) is -0.619. The van der Waals surface area contributed by atoms with Crippen LogP contribution in [0.5, 0.6) is 0 Å². The molecule has 0 saturated heterocycles. The maximum Gasteiger partial charge on any atom is 0.414 e. The van der Waals surface area contributed by atoms with E-state index >= 15 is 0 Å². The highest BCUT2D eigenvalue weighted by Gasteiger charge is 2.19. The first-order valence-corrected chi connectivity index (χ1v) is 7.10. The van der Waals surface area contributed by atoms with E-state index in [-0.39, 0.29) is 5.13 Å². The Hall–Kier alpha value is -1.35. The summed E-state index contributed by atoms with van der Waals surface area (Å²) in [6, 6.07) is 0. The number of hydrogen-bond acceptors (Lipinski definition) is 7. The molecule has 106 valence electrons. The van der Waals surface area contributed by atoms with Gasteiger partial charge in [-0.1, -0.05) is 23.1 Å². The van der Waals surface area contributed by atoms with E-state index in [9.17, 15) is 9.59 Å². The zero-order chi connectivity index (χ0) is 14.6. The molecular weight excluding hydrogens is 290 g/mol. The molecule has 0 saturated carbocycles. The van der Waals surface area contributed by atoms with E-state index in [1.54, 1.807) is 27.7 Å². The Morgan fingerprint density at radius 1 is 1.42 bits per heavy atom. The monoisotopic (exact) mass is 305 g/mol. The number of aliphatic carboxylic acids is 1. The third-order valence-corrected chi connectivity index (χ3v) is 3.65. The quantitative estimate of drug-likeness (QED) is 0.650. The second-order valence-electron chi connectivity index (χ2n) is 4.60. The smallest absolute Gasteiger partial charge is 0.414 e. The van der Waals surface area contributed by atoms with Crippen LogP contribution in [0, 0.1) is 0 Å². The highest BCUT2D eigenvalue weighted by Crippen LogP contribution is 2.29. The number of thioether (sulfide) groups is 1. The molecule has 0 aliphatic carbocycles. The molecule has 0 aliphatic heterocycles. The number of aromatic nitrogens is 2. The zero-order valence-corrected chi connectivity index (χ0v) is 12.6. The van der Waals surface area contributed by atoms with Gasteiger partial charge in [-0.25, -0.2) is 4.79 Å². The molecule has 0 aliphatic rings. The number of hydrogen-bond donors (Lipinski definition) is 2. The maximum atomic E-state index is 11.5. The van der Waals surface area contributed by atoms with E-state index in [2.05, 4.69) is 15.5 Å². The van der Waals surface area contributed by atoms with Gasteiger partial charge in [-0.2, -0.15) is 0 Å². The highest BCUT2D eigenvalue weighted by molar-refractivity contribution is 8.02. The van der Waals surface area contributed by atoms with Crippen LogP contribution in [0.25, 0.3) is 0 Å². The minimum atomic E-state index is -0.929. The summed E-state index contributed by atoms with van der Waals surface area (Å²) in [6.45, 7) is 6.81. The molecule has 19 heavy (non-hydrogen) atoms. The van der Waals surface area contributed by atoms with Crippen molar-refractivity contribution in [1.29, 1.82) is 0 Å². The molecule has 0 fully saturated rings. The molecule has 1 rings (SSSR count). The van der Waals surface area contributed by atoms with E-state index in [4.69, 9.17) is 9.84 Å². The SMILES string of the molecule is CC(Sc1nnc(NC(=O)OC(C)(C)C)s1)C(=O)O.